The summed E-state index contributed by atoms with van der Waals surface area (Å²) in [5.74, 6) is 1.76. The Morgan fingerprint density at radius 3 is 1.15 bits per heavy atom. The van der Waals surface area contributed by atoms with Crippen LogP contribution >= 0.6 is 0 Å². The molecule has 13 rings (SSSR count). The van der Waals surface area contributed by atoms with Crippen LogP contribution in [-0.2, 0) is 0 Å². The Bertz CT molecular complexity index is 3790. The molecule has 0 aliphatic carbocycles. The van der Waals surface area contributed by atoms with Crippen molar-refractivity contribution in [1.82, 2.24) is 24.9 Å². The Kier molecular flexibility index (Phi) is 9.06. The summed E-state index contributed by atoms with van der Waals surface area (Å²) in [6, 6.07) is 77.5. The number of aromatic nitrogens is 5. The second kappa shape index (κ2) is 15.8. The van der Waals surface area contributed by atoms with E-state index in [4.69, 9.17) is 29.3 Å². The monoisotopic (exact) mass is 855 g/mol. The topological polar surface area (TPSA) is 77.6 Å². The van der Waals surface area contributed by atoms with Crippen LogP contribution in [0.25, 0.3) is 133 Å². The van der Waals surface area contributed by atoms with Crippen molar-refractivity contribution in [3.05, 3.63) is 224 Å². The molecule has 0 aliphatic rings. The minimum absolute atomic E-state index is 0.500. The van der Waals surface area contributed by atoms with E-state index in [9.17, 15) is 0 Å². The molecule has 0 unspecified atom stereocenters. The van der Waals surface area contributed by atoms with Crippen molar-refractivity contribution in [3.63, 3.8) is 0 Å². The molecule has 3 aromatic heterocycles. The first-order valence-corrected chi connectivity index (χ1v) is 22.4. The molecular weight excluding hydrogens is 819 g/mol. The number of para-hydroxylation sites is 2. The first-order valence-electron chi connectivity index (χ1n) is 22.4. The number of hydrogen-bond donors (Lipinski definition) is 0. The predicted molar refractivity (Wildman–Crippen MR) is 273 cm³/mol. The van der Waals surface area contributed by atoms with Gasteiger partial charge in [-0.05, 0) is 97.7 Å². The van der Waals surface area contributed by atoms with E-state index in [1.807, 2.05) is 60.7 Å². The summed E-state index contributed by atoms with van der Waals surface area (Å²) in [6.45, 7) is 0. The molecule has 67 heavy (non-hydrogen) atoms. The summed E-state index contributed by atoms with van der Waals surface area (Å²) >= 11 is 0. The molecule has 3 heterocycles. The van der Waals surface area contributed by atoms with Crippen molar-refractivity contribution < 1.29 is 4.42 Å². The van der Waals surface area contributed by atoms with Crippen molar-refractivity contribution >= 4 is 54.2 Å². The summed E-state index contributed by atoms with van der Waals surface area (Å²) in [5.41, 5.74) is 11.0. The van der Waals surface area contributed by atoms with Gasteiger partial charge in [-0.2, -0.15) is 0 Å². The SMILES string of the molecule is c1ccc(-c2cc(-c3cc(-c4cc(-c5ccccc5)nc(-c5cc6ccccc6c6ccccc56)n4)cc(-c4nc5ccccc5o4)c3)nc(-c3cc4ccccc4c4ccccc34)n2)cc1. The largest absolute Gasteiger partial charge is 0.436 e. The molecule has 0 fully saturated rings. The lowest BCUT2D eigenvalue weighted by atomic mass is 9.95. The fourth-order valence-electron chi connectivity index (χ4n) is 9.47. The van der Waals surface area contributed by atoms with Crippen molar-refractivity contribution in [2.24, 2.45) is 0 Å². The maximum absolute atomic E-state index is 6.51. The molecule has 0 aliphatic heterocycles. The normalized spacial score (nSPS) is 11.6. The Labute approximate surface area is 385 Å². The summed E-state index contributed by atoms with van der Waals surface area (Å²) in [7, 11) is 0. The average Bonchev–Trinajstić information content (AvgIpc) is 3.85. The van der Waals surface area contributed by atoms with Gasteiger partial charge >= 0.3 is 0 Å². The highest BCUT2D eigenvalue weighted by Crippen LogP contribution is 2.40. The Morgan fingerprint density at radius 1 is 0.269 bits per heavy atom. The van der Waals surface area contributed by atoms with Gasteiger partial charge in [-0.1, -0.05) is 170 Å². The zero-order valence-electron chi connectivity index (χ0n) is 36.0. The third kappa shape index (κ3) is 6.87. The third-order valence-electron chi connectivity index (χ3n) is 12.7. The quantitative estimate of drug-likeness (QED) is 0.149. The zero-order chi connectivity index (χ0) is 44.3. The van der Waals surface area contributed by atoms with Crippen LogP contribution in [-0.4, -0.2) is 24.9 Å². The van der Waals surface area contributed by atoms with Crippen molar-refractivity contribution in [3.8, 4) is 79.3 Å². The summed E-state index contributed by atoms with van der Waals surface area (Å²) in [6.07, 6.45) is 0. The molecule has 10 aromatic carbocycles. The van der Waals surface area contributed by atoms with Crippen LogP contribution in [0, 0.1) is 0 Å². The zero-order valence-corrected chi connectivity index (χ0v) is 36.0. The summed E-state index contributed by atoms with van der Waals surface area (Å²) in [4.78, 5) is 26.6. The lowest BCUT2D eigenvalue weighted by Gasteiger charge is -2.15. The van der Waals surface area contributed by atoms with Crippen LogP contribution in [0.4, 0.5) is 0 Å². The van der Waals surface area contributed by atoms with Crippen LogP contribution in [0.3, 0.4) is 0 Å². The Hall–Kier alpha value is -9.13. The van der Waals surface area contributed by atoms with Crippen molar-refractivity contribution in [1.29, 1.82) is 0 Å². The highest BCUT2D eigenvalue weighted by atomic mass is 16.3. The van der Waals surface area contributed by atoms with Gasteiger partial charge in [0.1, 0.15) is 5.52 Å². The Morgan fingerprint density at radius 2 is 0.657 bits per heavy atom. The lowest BCUT2D eigenvalue weighted by Crippen LogP contribution is -1.99. The van der Waals surface area contributed by atoms with Crippen molar-refractivity contribution in [2.75, 3.05) is 0 Å². The van der Waals surface area contributed by atoms with E-state index in [0.717, 1.165) is 99.6 Å². The number of fused-ring (bicyclic) bond motifs is 7. The van der Waals surface area contributed by atoms with E-state index in [2.05, 4.69) is 164 Å². The van der Waals surface area contributed by atoms with E-state index in [-0.39, 0.29) is 0 Å². The van der Waals surface area contributed by atoms with Gasteiger partial charge in [0.15, 0.2) is 17.2 Å². The molecule has 0 atom stereocenters. The highest BCUT2D eigenvalue weighted by molar-refractivity contribution is 6.14. The highest BCUT2D eigenvalue weighted by Gasteiger charge is 2.20. The molecule has 0 spiro atoms. The second-order valence-electron chi connectivity index (χ2n) is 16.8. The van der Waals surface area contributed by atoms with E-state index in [1.54, 1.807) is 0 Å². The molecule has 0 amide bonds. The van der Waals surface area contributed by atoms with Gasteiger partial charge in [0.25, 0.3) is 0 Å². The molecule has 0 N–H and O–H groups in total. The standard InChI is InChI=1S/C61H37N5O/c1-3-17-38(18-4-1)54-36-56(64-59(62-54)51-34-40-21-7-9-23-45(40)47-25-11-13-27-49(47)51)42-31-43(33-44(32-42)61-66-53-29-15-16-30-58(53)67-61)57-37-55(39-19-5-2-6-20-39)63-60(65-57)52-35-41-22-8-10-24-46(41)48-26-12-14-28-50(48)52/h1-37H. The number of nitrogens with zero attached hydrogens (tertiary/aromatic N) is 5. The Balaban J connectivity index is 1.08. The fraction of sp³-hybridized carbons (Fsp3) is 0. The molecule has 6 nitrogen and oxygen atoms in total. The molecular formula is C61H37N5O. The molecule has 13 aromatic rings. The molecule has 0 radical (unpaired) electrons. The van der Waals surface area contributed by atoms with Gasteiger partial charge < -0.3 is 4.42 Å². The van der Waals surface area contributed by atoms with Crippen molar-refractivity contribution in [2.45, 2.75) is 0 Å². The first kappa shape index (κ1) is 38.3. The van der Waals surface area contributed by atoms with Gasteiger partial charge in [-0.25, -0.2) is 24.9 Å². The van der Waals surface area contributed by atoms with Crippen LogP contribution in [0.15, 0.2) is 229 Å². The fourth-order valence-corrected chi connectivity index (χ4v) is 9.47. The van der Waals surface area contributed by atoms with Crippen LogP contribution in [0.1, 0.15) is 0 Å². The van der Waals surface area contributed by atoms with Gasteiger partial charge in [0.2, 0.25) is 5.89 Å². The number of rotatable bonds is 7. The van der Waals surface area contributed by atoms with E-state index >= 15 is 0 Å². The van der Waals surface area contributed by atoms with Crippen LogP contribution in [0.2, 0.25) is 0 Å². The predicted octanol–water partition coefficient (Wildman–Crippen LogP) is 15.7. The number of oxazole rings is 1. The number of benzene rings is 10. The second-order valence-corrected chi connectivity index (χ2v) is 16.8. The van der Waals surface area contributed by atoms with Gasteiger partial charge in [0, 0.05) is 38.9 Å². The smallest absolute Gasteiger partial charge is 0.227 e. The van der Waals surface area contributed by atoms with E-state index < -0.39 is 0 Å². The molecule has 0 saturated carbocycles. The molecule has 0 saturated heterocycles. The van der Waals surface area contributed by atoms with Gasteiger partial charge in [-0.3, -0.25) is 0 Å². The maximum Gasteiger partial charge on any atom is 0.227 e. The van der Waals surface area contributed by atoms with E-state index in [1.165, 1.54) is 10.8 Å². The third-order valence-corrected chi connectivity index (χ3v) is 12.7. The average molecular weight is 856 g/mol. The van der Waals surface area contributed by atoms with Gasteiger partial charge in [-0.15, -0.1) is 0 Å². The minimum Gasteiger partial charge on any atom is -0.436 e. The lowest BCUT2D eigenvalue weighted by molar-refractivity contribution is 0.620. The van der Waals surface area contributed by atoms with Gasteiger partial charge in [0.05, 0.1) is 22.8 Å². The number of hydrogen-bond acceptors (Lipinski definition) is 6. The summed E-state index contributed by atoms with van der Waals surface area (Å²) in [5, 5.41) is 9.10. The molecule has 0 bridgehead atoms. The van der Waals surface area contributed by atoms with E-state index in [0.29, 0.717) is 23.1 Å². The molecule has 6 heteroatoms. The summed E-state index contributed by atoms with van der Waals surface area (Å²) < 4.78 is 6.51. The van der Waals surface area contributed by atoms with Crippen LogP contribution < -0.4 is 0 Å². The van der Waals surface area contributed by atoms with Crippen LogP contribution in [0.5, 0.6) is 0 Å². The first-order chi connectivity index (χ1) is 33.2. The maximum atomic E-state index is 6.51. The molecule has 312 valence electrons. The minimum atomic E-state index is 0.500.